The van der Waals surface area contributed by atoms with Gasteiger partial charge in [0.05, 0.1) is 6.54 Å². The van der Waals surface area contributed by atoms with E-state index in [0.717, 1.165) is 16.4 Å². The lowest BCUT2D eigenvalue weighted by Gasteiger charge is -2.20. The van der Waals surface area contributed by atoms with Gasteiger partial charge in [0.25, 0.3) is 0 Å². The molecule has 140 valence electrons. The number of hydrogen-bond acceptors (Lipinski definition) is 3. The van der Waals surface area contributed by atoms with Crippen molar-refractivity contribution in [3.05, 3.63) is 64.1 Å². The smallest absolute Gasteiger partial charge is 0.246 e. The molecule has 1 amide bonds. The molecule has 0 saturated heterocycles. The summed E-state index contributed by atoms with van der Waals surface area (Å²) in [5.74, 6) is -1.83. The van der Waals surface area contributed by atoms with Crippen LogP contribution in [0.5, 0.6) is 0 Å². The van der Waals surface area contributed by atoms with E-state index in [9.17, 15) is 22.0 Å². The highest BCUT2D eigenvalue weighted by Gasteiger charge is 2.28. The number of likely N-dealkylation sites (N-methyl/N-ethyl adjacent to an activating group) is 1. The first-order chi connectivity index (χ1) is 12.2. The Hall–Kier alpha value is -1.84. The molecule has 0 spiro atoms. The van der Waals surface area contributed by atoms with Crippen LogP contribution in [0.1, 0.15) is 12.5 Å². The molecule has 2 aromatic carbocycles. The van der Waals surface area contributed by atoms with Crippen molar-refractivity contribution < 1.29 is 22.0 Å². The summed E-state index contributed by atoms with van der Waals surface area (Å²) in [6, 6.07) is 9.14. The largest absolute Gasteiger partial charge is 0.351 e. The second-order valence-corrected chi connectivity index (χ2v) is 8.23. The summed E-state index contributed by atoms with van der Waals surface area (Å²) < 4.78 is 53.4. The van der Waals surface area contributed by atoms with Crippen LogP contribution in [-0.4, -0.2) is 31.7 Å². The first-order valence-corrected chi connectivity index (χ1v) is 9.93. The van der Waals surface area contributed by atoms with E-state index in [4.69, 9.17) is 0 Å². The lowest BCUT2D eigenvalue weighted by atomic mass is 10.2. The van der Waals surface area contributed by atoms with Gasteiger partial charge in [0, 0.05) is 17.6 Å². The number of nitrogens with zero attached hydrogens (tertiary/aromatic N) is 1. The number of nitrogens with one attached hydrogen (secondary N) is 1. The van der Waals surface area contributed by atoms with Crippen molar-refractivity contribution >= 4 is 31.9 Å². The summed E-state index contributed by atoms with van der Waals surface area (Å²) in [7, 11) is -4.17. The Morgan fingerprint density at radius 2 is 1.81 bits per heavy atom. The van der Waals surface area contributed by atoms with Crippen molar-refractivity contribution in [2.75, 3.05) is 13.1 Å². The summed E-state index contributed by atoms with van der Waals surface area (Å²) in [4.78, 5) is 11.6. The van der Waals surface area contributed by atoms with Gasteiger partial charge in [-0.05, 0) is 35.9 Å². The number of carbonyl (C=O) groups excluding carboxylic acids is 1. The maximum Gasteiger partial charge on any atom is 0.246 e. The molecule has 0 heterocycles. The zero-order chi connectivity index (χ0) is 19.3. The Balaban J connectivity index is 2.08. The zero-order valence-corrected chi connectivity index (χ0v) is 16.3. The Morgan fingerprint density at radius 1 is 1.15 bits per heavy atom. The van der Waals surface area contributed by atoms with Crippen molar-refractivity contribution in [1.82, 2.24) is 9.62 Å². The third-order valence-corrected chi connectivity index (χ3v) is 6.02. The summed E-state index contributed by atoms with van der Waals surface area (Å²) in [6.45, 7) is 1.23. The lowest BCUT2D eigenvalue weighted by molar-refractivity contribution is -0.121. The van der Waals surface area contributed by atoms with Gasteiger partial charge >= 0.3 is 0 Å². The molecule has 5 nitrogen and oxygen atoms in total. The lowest BCUT2D eigenvalue weighted by Crippen LogP contribution is -2.40. The maximum atomic E-state index is 13.9. The van der Waals surface area contributed by atoms with E-state index in [2.05, 4.69) is 21.2 Å². The monoisotopic (exact) mass is 446 g/mol. The number of hydrogen-bond donors (Lipinski definition) is 1. The molecule has 1 N–H and O–H groups in total. The van der Waals surface area contributed by atoms with Crippen molar-refractivity contribution in [3.63, 3.8) is 0 Å². The third kappa shape index (κ3) is 5.09. The molecule has 0 aliphatic carbocycles. The Bertz CT molecular complexity index is 889. The van der Waals surface area contributed by atoms with E-state index in [1.54, 1.807) is 6.92 Å². The summed E-state index contributed by atoms with van der Waals surface area (Å²) >= 11 is 3.11. The fourth-order valence-corrected chi connectivity index (χ4v) is 4.21. The van der Waals surface area contributed by atoms with Gasteiger partial charge in [-0.1, -0.05) is 35.0 Å². The van der Waals surface area contributed by atoms with Crippen molar-refractivity contribution in [2.24, 2.45) is 0 Å². The van der Waals surface area contributed by atoms with Gasteiger partial charge in [-0.15, -0.1) is 0 Å². The number of carbonyl (C=O) groups is 1. The van der Waals surface area contributed by atoms with Crippen molar-refractivity contribution in [1.29, 1.82) is 0 Å². The highest BCUT2D eigenvalue weighted by atomic mass is 79.9. The van der Waals surface area contributed by atoms with Crippen LogP contribution in [0, 0.1) is 11.6 Å². The molecule has 9 heteroatoms. The van der Waals surface area contributed by atoms with E-state index in [1.807, 2.05) is 0 Å². The molecule has 0 unspecified atom stereocenters. The molecule has 26 heavy (non-hydrogen) atoms. The topological polar surface area (TPSA) is 66.5 Å². The normalized spacial score (nSPS) is 11.6. The van der Waals surface area contributed by atoms with Gasteiger partial charge in [0.1, 0.15) is 16.5 Å². The highest BCUT2D eigenvalue weighted by molar-refractivity contribution is 9.10. The molecule has 0 atom stereocenters. The average molecular weight is 447 g/mol. The number of rotatable bonds is 7. The molecule has 0 bridgehead atoms. The summed E-state index contributed by atoms with van der Waals surface area (Å²) in [5.41, 5.74) is 0.670. The molecule has 0 aliphatic heterocycles. The van der Waals surface area contributed by atoms with Gasteiger partial charge in [-0.2, -0.15) is 4.31 Å². The molecule has 0 saturated carbocycles. The number of sulfonamides is 1. The van der Waals surface area contributed by atoms with E-state index in [1.165, 1.54) is 30.3 Å². The van der Waals surface area contributed by atoms with Gasteiger partial charge < -0.3 is 5.32 Å². The summed E-state index contributed by atoms with van der Waals surface area (Å²) in [5, 5.41) is 2.56. The fourth-order valence-electron chi connectivity index (χ4n) is 2.20. The summed E-state index contributed by atoms with van der Waals surface area (Å²) in [6.07, 6.45) is 0. The molecule has 0 aliphatic rings. The van der Waals surface area contributed by atoms with Gasteiger partial charge in [-0.3, -0.25) is 4.79 Å². The van der Waals surface area contributed by atoms with E-state index in [-0.39, 0.29) is 18.9 Å². The Kier molecular flexibility index (Phi) is 6.85. The highest BCUT2D eigenvalue weighted by Crippen LogP contribution is 2.23. The molecular formula is C17H17BrF2N2O3S. The maximum absolute atomic E-state index is 13.9. The van der Waals surface area contributed by atoms with Crippen LogP contribution in [-0.2, 0) is 21.4 Å². The predicted molar refractivity (Wildman–Crippen MR) is 96.8 cm³/mol. The zero-order valence-electron chi connectivity index (χ0n) is 13.9. The standard InChI is InChI=1S/C17H17BrF2N2O3S/c1-2-22(26(24,25)16-9-13(18)5-8-15(16)20)11-17(23)21-10-12-3-6-14(19)7-4-12/h3-9H,2,10-11H2,1H3,(H,21,23). The predicted octanol–water partition coefficient (Wildman–Crippen LogP) is 3.05. The molecule has 0 radical (unpaired) electrons. The minimum absolute atomic E-state index is 0.00173. The second-order valence-electron chi connectivity index (χ2n) is 5.41. The van der Waals surface area contributed by atoms with Crippen molar-refractivity contribution in [3.8, 4) is 0 Å². The first kappa shape index (κ1) is 20.5. The molecule has 0 aromatic heterocycles. The van der Waals surface area contributed by atoms with Crippen LogP contribution in [0.15, 0.2) is 51.8 Å². The van der Waals surface area contributed by atoms with Crippen LogP contribution in [0.4, 0.5) is 8.78 Å². The number of halogens is 3. The number of amides is 1. The average Bonchev–Trinajstić information content (AvgIpc) is 2.61. The van der Waals surface area contributed by atoms with Crippen LogP contribution in [0.25, 0.3) is 0 Å². The first-order valence-electron chi connectivity index (χ1n) is 7.70. The van der Waals surface area contributed by atoms with Crippen LogP contribution in [0.3, 0.4) is 0 Å². The minimum Gasteiger partial charge on any atom is -0.351 e. The van der Waals surface area contributed by atoms with Crippen LogP contribution >= 0.6 is 15.9 Å². The van der Waals surface area contributed by atoms with Gasteiger partial charge in [0.2, 0.25) is 15.9 Å². The van der Waals surface area contributed by atoms with E-state index in [0.29, 0.717) is 10.0 Å². The quantitative estimate of drug-likeness (QED) is 0.710. The van der Waals surface area contributed by atoms with Gasteiger partial charge in [0.15, 0.2) is 0 Å². The number of benzene rings is 2. The van der Waals surface area contributed by atoms with Crippen LogP contribution in [0.2, 0.25) is 0 Å². The molecular weight excluding hydrogens is 430 g/mol. The molecule has 2 rings (SSSR count). The minimum atomic E-state index is -4.17. The SMILES string of the molecule is CCN(CC(=O)NCc1ccc(F)cc1)S(=O)(=O)c1cc(Br)ccc1F. The van der Waals surface area contributed by atoms with E-state index >= 15 is 0 Å². The molecule has 2 aromatic rings. The van der Waals surface area contributed by atoms with E-state index < -0.39 is 33.2 Å². The van der Waals surface area contributed by atoms with Crippen molar-refractivity contribution in [2.45, 2.75) is 18.4 Å². The molecule has 0 fully saturated rings. The third-order valence-electron chi connectivity index (χ3n) is 3.59. The Morgan fingerprint density at radius 3 is 2.42 bits per heavy atom. The van der Waals surface area contributed by atoms with Crippen LogP contribution < -0.4 is 5.32 Å². The Labute approximate surface area is 159 Å². The second kappa shape index (κ2) is 8.70. The fraction of sp³-hybridized carbons (Fsp3) is 0.235. The van der Waals surface area contributed by atoms with Gasteiger partial charge in [-0.25, -0.2) is 17.2 Å².